The van der Waals surface area contributed by atoms with Crippen LogP contribution in [0.3, 0.4) is 0 Å². The summed E-state index contributed by atoms with van der Waals surface area (Å²) in [4.78, 5) is 51.3. The zero-order valence-electron chi connectivity index (χ0n) is 48.6. The van der Waals surface area contributed by atoms with Gasteiger partial charge in [0.15, 0.2) is 0 Å². The first-order valence-corrected chi connectivity index (χ1v) is 30.7. The molecule has 15 rings (SSSR count). The molecule has 1 heterocycles. The summed E-state index contributed by atoms with van der Waals surface area (Å²) in [5.74, 6) is -1.46. The number of carbonyl (C=O) groups is 3. The molecule has 0 aromatic heterocycles. The predicted octanol–water partition coefficient (Wildman–Crippen LogP) is 15.0. The fourth-order valence-corrected chi connectivity index (χ4v) is 14.5. The number of hydrogen-bond acceptors (Lipinski definition) is 6. The van der Waals surface area contributed by atoms with Gasteiger partial charge in [0.25, 0.3) is 11.8 Å². The van der Waals surface area contributed by atoms with Crippen molar-refractivity contribution >= 4 is 58.0 Å². The second kappa shape index (κ2) is 31.3. The molecule has 16 nitrogen and oxygen atoms in total. The van der Waals surface area contributed by atoms with E-state index in [0.29, 0.717) is 21.8 Å². The van der Waals surface area contributed by atoms with Gasteiger partial charge in [-0.05, 0) is 126 Å². The third-order valence-electron chi connectivity index (χ3n) is 15.3. The molecule has 2 amide bonds. The van der Waals surface area contributed by atoms with Gasteiger partial charge in [-0.2, -0.15) is 4.79 Å². The van der Waals surface area contributed by atoms with Crippen molar-refractivity contribution in [2.45, 2.75) is 36.2 Å². The number of hydroxylamine groups is 2. The largest absolute Gasteiger partial charge is 1.00 e. The fourth-order valence-electron chi connectivity index (χ4n) is 11.4. The van der Waals surface area contributed by atoms with Crippen molar-refractivity contribution in [2.24, 2.45) is 10.2 Å². The van der Waals surface area contributed by atoms with E-state index < -0.39 is 25.7 Å². The summed E-state index contributed by atoms with van der Waals surface area (Å²) in [6.07, 6.45) is 0.949. The Morgan fingerprint density at radius 1 is 0.433 bits per heavy atom. The van der Waals surface area contributed by atoms with E-state index in [9.17, 15) is 14.4 Å². The first-order valence-electron chi connectivity index (χ1n) is 28.3. The van der Waals surface area contributed by atoms with E-state index >= 15 is 0 Å². The Kier molecular flexibility index (Phi) is 22.4. The number of carbonyl (C=O) groups excluding carboxylic acids is 3. The van der Waals surface area contributed by atoms with Crippen molar-refractivity contribution in [1.29, 1.82) is 0 Å². The quantitative estimate of drug-likeness (QED) is 0.0273. The minimum atomic E-state index is -0.713. The number of amides is 2. The van der Waals surface area contributed by atoms with Crippen molar-refractivity contribution in [2.75, 3.05) is 6.16 Å². The van der Waals surface area contributed by atoms with E-state index in [4.69, 9.17) is 32.5 Å². The van der Waals surface area contributed by atoms with Gasteiger partial charge in [-0.3, -0.25) is 14.5 Å². The molecule has 4 aliphatic carbocycles. The average molecular weight is 1270 g/mol. The van der Waals surface area contributed by atoms with E-state index in [0.717, 1.165) is 44.5 Å². The van der Waals surface area contributed by atoms with Crippen molar-refractivity contribution in [3.8, 4) is 44.5 Å². The van der Waals surface area contributed by atoms with Crippen LogP contribution >= 0.6 is 23.9 Å². The summed E-state index contributed by atoms with van der Waals surface area (Å²) < 4.78 is 0. The van der Waals surface area contributed by atoms with Crippen LogP contribution in [0.15, 0.2) is 265 Å². The molecule has 90 heavy (non-hydrogen) atoms. The minimum Gasteiger partial charge on any atom is -0.373 e. The third-order valence-corrected chi connectivity index (χ3v) is 18.8. The second-order valence-electron chi connectivity index (χ2n) is 20.3. The molecule has 0 unspecified atom stereocenters. The second-order valence-corrected chi connectivity index (χ2v) is 23.6. The number of hydrogen-bond donors (Lipinski definition) is 0. The molecule has 434 valence electrons. The van der Waals surface area contributed by atoms with Crippen LogP contribution in [0.2, 0.25) is 0 Å². The minimum absolute atomic E-state index is 0. The zero-order chi connectivity index (χ0) is 62.1. The Bertz CT molecular complexity index is 4110. The maximum absolute atomic E-state index is 12.1. The number of nitrogens with zero attached hydrogens (tertiary/aromatic N) is 12. The van der Waals surface area contributed by atoms with Crippen LogP contribution in [0.25, 0.3) is 86.9 Å². The Hall–Kier alpha value is -9.97. The number of rotatable bonds is 8. The van der Waals surface area contributed by atoms with Crippen molar-refractivity contribution in [3.63, 3.8) is 0 Å². The molecule has 10 aromatic rings. The number of fused-ring (bicyclic) bond motifs is 12. The molecule has 0 bridgehead atoms. The van der Waals surface area contributed by atoms with Gasteiger partial charge in [0, 0.05) is 22.7 Å². The summed E-state index contributed by atoms with van der Waals surface area (Å²) in [6, 6.07) is 85.1. The Morgan fingerprint density at radius 3 is 1.03 bits per heavy atom. The van der Waals surface area contributed by atoms with Gasteiger partial charge < -0.3 is 21.4 Å². The Balaban J connectivity index is 0.000000133. The van der Waals surface area contributed by atoms with Gasteiger partial charge >= 0.3 is 41.2 Å². The fraction of sp³-hybridized carbons (Fsp3) is 0.0986. The van der Waals surface area contributed by atoms with Crippen LogP contribution in [-0.4, -0.2) is 39.5 Å². The maximum atomic E-state index is 12.1. The molecule has 19 heteroatoms. The van der Waals surface area contributed by atoms with E-state index in [1.54, 1.807) is 0 Å². The average Bonchev–Trinajstić information content (AvgIpc) is 1.69. The number of halogens is 1. The number of alkyl halides is 1. The molecule has 10 aromatic carbocycles. The summed E-state index contributed by atoms with van der Waals surface area (Å²) in [6.45, 7) is 0. The van der Waals surface area contributed by atoms with E-state index in [-0.39, 0.29) is 60.9 Å². The molecule has 0 radical (unpaired) electrons. The van der Waals surface area contributed by atoms with Gasteiger partial charge in [-0.25, -0.2) is 4.79 Å². The van der Waals surface area contributed by atoms with Crippen LogP contribution in [0.4, 0.5) is 0 Å². The van der Waals surface area contributed by atoms with Gasteiger partial charge in [-0.1, -0.05) is 269 Å². The number of imide groups is 1. The predicted molar refractivity (Wildman–Crippen MR) is 353 cm³/mol. The molecule has 1 aliphatic heterocycles. The maximum Gasteiger partial charge on any atom is 1.00 e. The van der Waals surface area contributed by atoms with Crippen LogP contribution in [0.1, 0.15) is 80.7 Å². The standard InChI is InChI=1S/C19H18NO4P.C13H9Br.2C13H9N3.C13H8N2.N3.Na/c21-17-11-12-18(22)20(17)24-19(23)13-14-25(15-7-3-1-4-8-15)16-9-5-2-6-10-16;14-13-11-7-3-1-5-9(11)10-6-2-4-8-12(10)13;2*14-16-15-13-11-7-3-1-5-9(11)10-6-2-4-8-12(10)13;14-15-13-11-7-3-1-5-9(11)10-6-2-4-8-12(10)13;1-3-2;/h1-10H,11-14H2;1-8,13H;2*1-8,13H;1-8H;;/q;;;;;-1;+1. The van der Waals surface area contributed by atoms with Crippen LogP contribution in [0.5, 0.6) is 0 Å². The molecular weight excluding hydrogens is 1220 g/mol. The summed E-state index contributed by atoms with van der Waals surface area (Å²) in [5, 5.41) is 10.7. The first kappa shape index (κ1) is 64.5. The molecule has 0 N–H and O–H groups in total. The number of azide groups is 2. The van der Waals surface area contributed by atoms with Gasteiger partial charge in [0.2, 0.25) is 0 Å². The monoisotopic (exact) mass is 1270 g/mol. The van der Waals surface area contributed by atoms with Crippen LogP contribution < -0.4 is 40.2 Å². The topological polar surface area (TPSA) is 256 Å². The van der Waals surface area contributed by atoms with E-state index in [1.165, 1.54) is 60.0 Å². The molecule has 0 atom stereocenters. The molecule has 0 saturated carbocycles. The Labute approximate surface area is 551 Å². The third kappa shape index (κ3) is 14.3. The van der Waals surface area contributed by atoms with Crippen molar-refractivity contribution < 1.29 is 53.6 Å². The van der Waals surface area contributed by atoms with Crippen molar-refractivity contribution in [1.82, 2.24) is 5.06 Å². The summed E-state index contributed by atoms with van der Waals surface area (Å²) in [5.41, 5.74) is 59.4. The summed E-state index contributed by atoms with van der Waals surface area (Å²) in [7, 11) is -0.713. The smallest absolute Gasteiger partial charge is 0.373 e. The molecule has 1 fully saturated rings. The molecule has 5 aliphatic rings. The first-order chi connectivity index (χ1) is 43.7. The van der Waals surface area contributed by atoms with Crippen LogP contribution in [0, 0.1) is 0 Å². The Morgan fingerprint density at radius 2 is 0.711 bits per heavy atom. The van der Waals surface area contributed by atoms with E-state index in [1.807, 2.05) is 158 Å². The molecule has 0 spiro atoms. The van der Waals surface area contributed by atoms with Crippen molar-refractivity contribution in [3.05, 3.63) is 342 Å². The van der Waals surface area contributed by atoms with Gasteiger partial charge in [0.05, 0.1) is 34.5 Å². The SMILES string of the molecule is BrC1c2ccccc2-c2ccccc21.O=C(CCP(c1ccccc1)c1ccccc1)ON1C(=O)CCC1=O.[N-]=[N+]=C1c2ccccc2-c2ccccc21.[N-]=[N+]=NC1c2ccccc2-c2ccccc21.[N-]=[N+]=NC1c2ccccc2-c2ccccc21.[N-]=[N+]=[N-].[Na+]. The molecular formula is C71H53BrN12NaO4P. The number of benzene rings is 10. The normalized spacial score (nSPS) is 12.7. The summed E-state index contributed by atoms with van der Waals surface area (Å²) >= 11 is 3.74. The van der Waals surface area contributed by atoms with Crippen LogP contribution in [-0.2, 0) is 19.2 Å². The van der Waals surface area contributed by atoms with E-state index in [2.05, 4.69) is 138 Å². The zero-order valence-corrected chi connectivity index (χ0v) is 53.1. The van der Waals surface area contributed by atoms with Gasteiger partial charge in [-0.15, -0.1) is 5.06 Å². The van der Waals surface area contributed by atoms with Gasteiger partial charge in [0.1, 0.15) is 0 Å². The molecule has 1 saturated heterocycles.